The predicted octanol–water partition coefficient (Wildman–Crippen LogP) is 0.303. The van der Waals surface area contributed by atoms with E-state index in [4.69, 9.17) is 4.74 Å². The number of nitrogens with zero attached hydrogens (tertiary/aromatic N) is 4. The summed E-state index contributed by atoms with van der Waals surface area (Å²) in [4.78, 5) is 23.8. The average Bonchev–Trinajstić information content (AvgIpc) is 2.53. The minimum absolute atomic E-state index is 0.0525. The molecule has 0 bridgehead atoms. The second kappa shape index (κ2) is 7.51. The lowest BCUT2D eigenvalue weighted by Gasteiger charge is -2.41. The van der Waals surface area contributed by atoms with Crippen molar-refractivity contribution in [2.75, 3.05) is 44.8 Å². The molecule has 0 radical (unpaired) electrons. The van der Waals surface area contributed by atoms with E-state index in [2.05, 4.69) is 9.97 Å². The fourth-order valence-electron chi connectivity index (χ4n) is 2.72. The van der Waals surface area contributed by atoms with Crippen LogP contribution in [0.25, 0.3) is 0 Å². The Kier molecular flexibility index (Phi) is 5.68. The van der Waals surface area contributed by atoms with Gasteiger partial charge in [-0.1, -0.05) is 0 Å². The maximum atomic E-state index is 11.9. The minimum Gasteiger partial charge on any atom is -0.386 e. The summed E-state index contributed by atoms with van der Waals surface area (Å²) >= 11 is 0. The molecule has 22 heavy (non-hydrogen) atoms. The van der Waals surface area contributed by atoms with Gasteiger partial charge in [-0.15, -0.1) is 0 Å². The van der Waals surface area contributed by atoms with Crippen molar-refractivity contribution < 1.29 is 14.6 Å². The zero-order chi connectivity index (χ0) is 16.0. The summed E-state index contributed by atoms with van der Waals surface area (Å²) in [5.74, 6) is 0.635. The molecule has 1 amide bonds. The fraction of sp³-hybridized carbons (Fsp3) is 0.667. The molecule has 0 saturated carbocycles. The second-order valence-electron chi connectivity index (χ2n) is 5.70. The SMILES string of the molecule is CCOCC(=O)N(C)CC1(O)CCCN(c2cnccn2)C1. The predicted molar refractivity (Wildman–Crippen MR) is 82.6 cm³/mol. The fourth-order valence-corrected chi connectivity index (χ4v) is 2.72. The van der Waals surface area contributed by atoms with Crippen LogP contribution < -0.4 is 4.90 Å². The second-order valence-corrected chi connectivity index (χ2v) is 5.70. The van der Waals surface area contributed by atoms with Crippen molar-refractivity contribution in [1.29, 1.82) is 0 Å². The number of aromatic nitrogens is 2. The van der Waals surface area contributed by atoms with Gasteiger partial charge in [0.05, 0.1) is 18.3 Å². The van der Waals surface area contributed by atoms with E-state index >= 15 is 0 Å². The molecule has 1 aliphatic rings. The Morgan fingerprint density at radius 3 is 3.05 bits per heavy atom. The van der Waals surface area contributed by atoms with Crippen LogP contribution in [0.5, 0.6) is 0 Å². The molecule has 7 heteroatoms. The van der Waals surface area contributed by atoms with Crippen LogP contribution in [0.15, 0.2) is 18.6 Å². The van der Waals surface area contributed by atoms with E-state index in [0.717, 1.165) is 18.8 Å². The Balaban J connectivity index is 1.96. The molecule has 1 atom stereocenters. The normalized spacial score (nSPS) is 21.7. The maximum absolute atomic E-state index is 11.9. The Hall–Kier alpha value is -1.73. The number of likely N-dealkylation sites (N-methyl/N-ethyl adjacent to an activating group) is 1. The van der Waals surface area contributed by atoms with Crippen LogP contribution in [0.2, 0.25) is 0 Å². The first-order valence-corrected chi connectivity index (χ1v) is 7.59. The topological polar surface area (TPSA) is 78.8 Å². The van der Waals surface area contributed by atoms with Gasteiger partial charge in [-0.3, -0.25) is 9.78 Å². The van der Waals surface area contributed by atoms with Crippen molar-refractivity contribution >= 4 is 11.7 Å². The van der Waals surface area contributed by atoms with Crippen LogP contribution in [-0.2, 0) is 9.53 Å². The smallest absolute Gasteiger partial charge is 0.248 e. The molecule has 1 aromatic heterocycles. The number of β-amino-alcohol motifs (C(OH)–C–C–N with tert-alkyl or cyclic N) is 1. The summed E-state index contributed by atoms with van der Waals surface area (Å²) in [6, 6.07) is 0. The molecular formula is C15H24N4O3. The van der Waals surface area contributed by atoms with Gasteiger partial charge >= 0.3 is 0 Å². The zero-order valence-corrected chi connectivity index (χ0v) is 13.2. The van der Waals surface area contributed by atoms with Crippen LogP contribution in [0.3, 0.4) is 0 Å². The zero-order valence-electron chi connectivity index (χ0n) is 13.2. The third-order valence-electron chi connectivity index (χ3n) is 3.82. The summed E-state index contributed by atoms with van der Waals surface area (Å²) < 4.78 is 5.13. The summed E-state index contributed by atoms with van der Waals surface area (Å²) in [5, 5.41) is 10.8. The molecule has 2 rings (SSSR count). The largest absolute Gasteiger partial charge is 0.386 e. The number of piperidine rings is 1. The Morgan fingerprint density at radius 2 is 2.36 bits per heavy atom. The first kappa shape index (κ1) is 16.6. The molecule has 0 spiro atoms. The maximum Gasteiger partial charge on any atom is 0.248 e. The van der Waals surface area contributed by atoms with Crippen LogP contribution in [-0.4, -0.2) is 71.4 Å². The van der Waals surface area contributed by atoms with E-state index in [9.17, 15) is 9.90 Å². The van der Waals surface area contributed by atoms with E-state index in [1.807, 2.05) is 11.8 Å². The number of carbonyl (C=O) groups is 1. The highest BCUT2D eigenvalue weighted by atomic mass is 16.5. The number of anilines is 1. The van der Waals surface area contributed by atoms with Gasteiger partial charge < -0.3 is 19.6 Å². The average molecular weight is 308 g/mol. The quantitative estimate of drug-likeness (QED) is 0.814. The van der Waals surface area contributed by atoms with E-state index in [1.54, 1.807) is 25.6 Å². The van der Waals surface area contributed by atoms with Crippen molar-refractivity contribution in [2.24, 2.45) is 0 Å². The van der Waals surface area contributed by atoms with Crippen molar-refractivity contribution in [3.63, 3.8) is 0 Å². The van der Waals surface area contributed by atoms with Gasteiger partial charge in [0, 0.05) is 39.1 Å². The number of ether oxygens (including phenoxy) is 1. The summed E-state index contributed by atoms with van der Waals surface area (Å²) in [6.07, 6.45) is 6.47. The van der Waals surface area contributed by atoms with Crippen LogP contribution in [0, 0.1) is 0 Å². The lowest BCUT2D eigenvalue weighted by Crippen LogP contribution is -2.55. The molecule has 1 unspecified atom stereocenters. The molecule has 1 saturated heterocycles. The molecule has 0 aromatic carbocycles. The highest BCUT2D eigenvalue weighted by molar-refractivity contribution is 5.77. The Labute approximate surface area is 130 Å². The molecule has 1 N–H and O–H groups in total. The minimum atomic E-state index is -0.938. The lowest BCUT2D eigenvalue weighted by molar-refractivity contribution is -0.138. The molecule has 122 valence electrons. The lowest BCUT2D eigenvalue weighted by atomic mass is 9.92. The summed E-state index contributed by atoms with van der Waals surface area (Å²) in [6.45, 7) is 3.97. The van der Waals surface area contributed by atoms with E-state index in [1.165, 1.54) is 4.90 Å². The molecular weight excluding hydrogens is 284 g/mol. The number of hydrogen-bond acceptors (Lipinski definition) is 6. The van der Waals surface area contributed by atoms with Crippen molar-refractivity contribution in [2.45, 2.75) is 25.4 Å². The third-order valence-corrected chi connectivity index (χ3v) is 3.82. The van der Waals surface area contributed by atoms with Gasteiger partial charge in [-0.2, -0.15) is 0 Å². The molecule has 2 heterocycles. The van der Waals surface area contributed by atoms with E-state index in [-0.39, 0.29) is 19.1 Å². The molecule has 7 nitrogen and oxygen atoms in total. The summed E-state index contributed by atoms with van der Waals surface area (Å²) in [7, 11) is 1.70. The van der Waals surface area contributed by atoms with E-state index < -0.39 is 5.60 Å². The Bertz CT molecular complexity index is 485. The standard InChI is InChI=1S/C15H24N4O3/c1-3-22-10-14(20)18(2)11-15(21)5-4-8-19(12-15)13-9-16-6-7-17-13/h6-7,9,21H,3-5,8,10-12H2,1-2H3. The number of aliphatic hydroxyl groups is 1. The van der Waals surface area contributed by atoms with Gasteiger partial charge in [0.2, 0.25) is 5.91 Å². The first-order chi connectivity index (χ1) is 10.5. The monoisotopic (exact) mass is 308 g/mol. The summed E-state index contributed by atoms with van der Waals surface area (Å²) in [5.41, 5.74) is -0.938. The van der Waals surface area contributed by atoms with Gasteiger partial charge in [-0.25, -0.2) is 4.98 Å². The van der Waals surface area contributed by atoms with Gasteiger partial charge in [0.1, 0.15) is 12.4 Å². The van der Waals surface area contributed by atoms with Gasteiger partial charge in [0.25, 0.3) is 0 Å². The van der Waals surface area contributed by atoms with Crippen molar-refractivity contribution in [3.05, 3.63) is 18.6 Å². The van der Waals surface area contributed by atoms with E-state index in [0.29, 0.717) is 19.6 Å². The number of rotatable bonds is 6. The molecule has 0 aliphatic carbocycles. The molecule has 1 aliphatic heterocycles. The van der Waals surface area contributed by atoms with Crippen LogP contribution in [0.1, 0.15) is 19.8 Å². The van der Waals surface area contributed by atoms with Crippen molar-refractivity contribution in [3.8, 4) is 0 Å². The molecule has 1 fully saturated rings. The highest BCUT2D eigenvalue weighted by Crippen LogP contribution is 2.25. The number of carbonyl (C=O) groups excluding carboxylic acids is 1. The Morgan fingerprint density at radius 1 is 1.55 bits per heavy atom. The number of amides is 1. The first-order valence-electron chi connectivity index (χ1n) is 7.59. The van der Waals surface area contributed by atoms with Crippen LogP contribution >= 0.6 is 0 Å². The third kappa shape index (κ3) is 4.38. The number of hydrogen-bond donors (Lipinski definition) is 1. The van der Waals surface area contributed by atoms with Gasteiger partial charge in [0.15, 0.2) is 0 Å². The molecule has 1 aromatic rings. The highest BCUT2D eigenvalue weighted by Gasteiger charge is 2.35. The van der Waals surface area contributed by atoms with Gasteiger partial charge in [-0.05, 0) is 19.8 Å². The van der Waals surface area contributed by atoms with Crippen molar-refractivity contribution in [1.82, 2.24) is 14.9 Å². The van der Waals surface area contributed by atoms with Crippen LogP contribution in [0.4, 0.5) is 5.82 Å².